The van der Waals surface area contributed by atoms with Crippen molar-refractivity contribution in [3.05, 3.63) is 64.7 Å². The molecule has 0 aromatic heterocycles. The van der Waals surface area contributed by atoms with E-state index < -0.39 is 23.9 Å². The summed E-state index contributed by atoms with van der Waals surface area (Å²) in [6.45, 7) is 2.49. The van der Waals surface area contributed by atoms with E-state index in [9.17, 15) is 14.4 Å². The van der Waals surface area contributed by atoms with Crippen molar-refractivity contribution in [2.24, 2.45) is 0 Å². The van der Waals surface area contributed by atoms with Gasteiger partial charge in [0.15, 0.2) is 0 Å². The van der Waals surface area contributed by atoms with Crippen molar-refractivity contribution in [1.82, 2.24) is 10.0 Å². The molecule has 2 aromatic carbocycles. The smallest absolute Gasteiger partial charge is 0.283 e. The van der Waals surface area contributed by atoms with E-state index in [0.29, 0.717) is 16.3 Å². The lowest BCUT2D eigenvalue weighted by Crippen LogP contribution is -2.52. The van der Waals surface area contributed by atoms with Crippen molar-refractivity contribution in [2.45, 2.75) is 20.1 Å². The number of hydrazine groups is 1. The molecule has 0 bridgehead atoms. The highest BCUT2D eigenvalue weighted by Gasteiger charge is 2.40. The Morgan fingerprint density at radius 1 is 1.00 bits per heavy atom. The van der Waals surface area contributed by atoms with Crippen LogP contribution < -0.4 is 4.74 Å². The van der Waals surface area contributed by atoms with Crippen molar-refractivity contribution >= 4 is 29.3 Å². The summed E-state index contributed by atoms with van der Waals surface area (Å²) in [5.74, 6) is -1.41. The van der Waals surface area contributed by atoms with Gasteiger partial charge in [-0.2, -0.15) is 10.0 Å². The molecule has 2 aromatic rings. The molecule has 6 nitrogen and oxygen atoms in total. The number of benzene rings is 2. The number of hydrogen-bond acceptors (Lipinski definition) is 4. The van der Waals surface area contributed by atoms with Gasteiger partial charge in [-0.1, -0.05) is 35.9 Å². The van der Waals surface area contributed by atoms with E-state index in [1.807, 2.05) is 0 Å². The van der Waals surface area contributed by atoms with Crippen molar-refractivity contribution < 1.29 is 19.1 Å². The summed E-state index contributed by atoms with van der Waals surface area (Å²) in [6, 6.07) is 13.2. The summed E-state index contributed by atoms with van der Waals surface area (Å²) in [7, 11) is 0. The third-order valence-corrected chi connectivity index (χ3v) is 4.01. The zero-order chi connectivity index (χ0) is 18.1. The SMILES string of the molecule is CC(=O)N1C(=O)c2ccccc2OC(c2ccc(Cl)cc2)N1C(C)=O. The Labute approximate surface area is 149 Å². The molecule has 1 heterocycles. The number of ether oxygens (including phenoxy) is 1. The fourth-order valence-electron chi connectivity index (χ4n) is 2.67. The number of amides is 3. The van der Waals surface area contributed by atoms with Crippen molar-refractivity contribution in [3.8, 4) is 5.75 Å². The molecule has 0 spiro atoms. The molecule has 3 rings (SSSR count). The molecular formula is C18H15ClN2O4. The highest BCUT2D eigenvalue weighted by molar-refractivity contribution is 6.30. The Morgan fingerprint density at radius 3 is 2.24 bits per heavy atom. The van der Waals surface area contributed by atoms with E-state index in [1.165, 1.54) is 13.8 Å². The first-order valence-corrected chi connectivity index (χ1v) is 7.94. The average Bonchev–Trinajstić information content (AvgIpc) is 2.70. The maximum atomic E-state index is 12.8. The number of para-hydroxylation sites is 1. The topological polar surface area (TPSA) is 66.9 Å². The summed E-state index contributed by atoms with van der Waals surface area (Å²) in [4.78, 5) is 37.3. The maximum Gasteiger partial charge on any atom is 0.283 e. The summed E-state index contributed by atoms with van der Waals surface area (Å²) >= 11 is 5.93. The van der Waals surface area contributed by atoms with Crippen LogP contribution in [0.1, 0.15) is 36.0 Å². The standard InChI is InChI=1S/C18H15ClN2O4/c1-11(22)20-17(24)15-5-3-4-6-16(15)25-18(21(20)12(2)23)13-7-9-14(19)10-8-13/h3-10,18H,1-2H3. The molecule has 0 N–H and O–H groups in total. The van der Waals surface area contributed by atoms with E-state index in [0.717, 1.165) is 10.0 Å². The van der Waals surface area contributed by atoms with Crippen LogP contribution in [0, 0.1) is 0 Å². The lowest BCUT2D eigenvalue weighted by molar-refractivity contribution is -0.171. The second-order valence-electron chi connectivity index (χ2n) is 5.52. The van der Waals surface area contributed by atoms with Crippen molar-refractivity contribution in [3.63, 3.8) is 0 Å². The Bertz CT molecular complexity index is 850. The van der Waals surface area contributed by atoms with Gasteiger partial charge < -0.3 is 4.74 Å². The third-order valence-electron chi connectivity index (χ3n) is 3.76. The van der Waals surface area contributed by atoms with Gasteiger partial charge in [-0.15, -0.1) is 0 Å². The zero-order valence-electron chi connectivity index (χ0n) is 13.6. The minimum Gasteiger partial charge on any atom is -0.464 e. The van der Waals surface area contributed by atoms with E-state index in [4.69, 9.17) is 16.3 Å². The number of fused-ring (bicyclic) bond motifs is 1. The molecule has 1 aliphatic heterocycles. The summed E-state index contributed by atoms with van der Waals surface area (Å²) in [6.07, 6.45) is -0.980. The van der Waals surface area contributed by atoms with Gasteiger partial charge in [0.25, 0.3) is 5.91 Å². The van der Waals surface area contributed by atoms with Crippen LogP contribution in [0.5, 0.6) is 5.75 Å². The average molecular weight is 359 g/mol. The van der Waals surface area contributed by atoms with Crippen LogP contribution in [0.4, 0.5) is 0 Å². The number of rotatable bonds is 1. The van der Waals surface area contributed by atoms with Crippen LogP contribution in [0.3, 0.4) is 0 Å². The first-order valence-electron chi connectivity index (χ1n) is 7.56. The largest absolute Gasteiger partial charge is 0.464 e. The number of halogens is 1. The van der Waals surface area contributed by atoms with Crippen LogP contribution in [0.25, 0.3) is 0 Å². The third kappa shape index (κ3) is 3.08. The van der Waals surface area contributed by atoms with Gasteiger partial charge in [0.2, 0.25) is 18.0 Å². The molecule has 1 atom stereocenters. The van der Waals surface area contributed by atoms with E-state index in [2.05, 4.69) is 0 Å². The van der Waals surface area contributed by atoms with Gasteiger partial charge in [0.05, 0.1) is 5.56 Å². The fraction of sp³-hybridized carbons (Fsp3) is 0.167. The van der Waals surface area contributed by atoms with E-state index in [1.54, 1.807) is 48.5 Å². The van der Waals surface area contributed by atoms with Gasteiger partial charge in [-0.3, -0.25) is 14.4 Å². The lowest BCUT2D eigenvalue weighted by Gasteiger charge is -2.34. The van der Waals surface area contributed by atoms with Gasteiger partial charge in [-0.05, 0) is 24.3 Å². The van der Waals surface area contributed by atoms with Crippen molar-refractivity contribution in [2.75, 3.05) is 0 Å². The molecule has 7 heteroatoms. The van der Waals surface area contributed by atoms with Crippen LogP contribution in [0.2, 0.25) is 5.02 Å². The molecule has 0 fully saturated rings. The molecule has 1 aliphatic rings. The van der Waals surface area contributed by atoms with Crippen LogP contribution >= 0.6 is 11.6 Å². The number of imide groups is 1. The predicted molar refractivity (Wildman–Crippen MR) is 90.6 cm³/mol. The first-order chi connectivity index (χ1) is 11.9. The number of nitrogens with zero attached hydrogens (tertiary/aromatic N) is 2. The fourth-order valence-corrected chi connectivity index (χ4v) is 2.80. The molecule has 0 radical (unpaired) electrons. The second-order valence-corrected chi connectivity index (χ2v) is 5.95. The monoisotopic (exact) mass is 358 g/mol. The predicted octanol–water partition coefficient (Wildman–Crippen LogP) is 3.18. The Morgan fingerprint density at radius 2 is 1.64 bits per heavy atom. The zero-order valence-corrected chi connectivity index (χ0v) is 14.4. The van der Waals surface area contributed by atoms with E-state index >= 15 is 0 Å². The highest BCUT2D eigenvalue weighted by atomic mass is 35.5. The molecule has 0 saturated carbocycles. The minimum absolute atomic E-state index is 0.209. The molecule has 25 heavy (non-hydrogen) atoms. The maximum absolute atomic E-state index is 12.8. The second kappa shape index (κ2) is 6.57. The Balaban J connectivity index is 2.20. The molecule has 3 amide bonds. The van der Waals surface area contributed by atoms with Gasteiger partial charge in [0, 0.05) is 24.4 Å². The van der Waals surface area contributed by atoms with Gasteiger partial charge in [0.1, 0.15) is 5.75 Å². The summed E-state index contributed by atoms with van der Waals surface area (Å²) < 4.78 is 5.95. The van der Waals surface area contributed by atoms with Gasteiger partial charge in [-0.25, -0.2) is 0 Å². The molecule has 128 valence electrons. The Kier molecular flexibility index (Phi) is 4.46. The minimum atomic E-state index is -0.980. The first kappa shape index (κ1) is 17.0. The normalized spacial score (nSPS) is 16.8. The molecule has 0 saturated heterocycles. The number of carbonyl (C=O) groups excluding carboxylic acids is 3. The van der Waals surface area contributed by atoms with Gasteiger partial charge >= 0.3 is 0 Å². The molecule has 1 unspecified atom stereocenters. The Hall–Kier alpha value is -2.86. The van der Waals surface area contributed by atoms with Crippen LogP contribution in [0.15, 0.2) is 48.5 Å². The van der Waals surface area contributed by atoms with Crippen LogP contribution in [-0.4, -0.2) is 27.7 Å². The quantitative estimate of drug-likeness (QED) is 0.785. The number of carbonyl (C=O) groups is 3. The summed E-state index contributed by atoms with van der Waals surface area (Å²) in [5.41, 5.74) is 0.788. The van der Waals surface area contributed by atoms with Crippen molar-refractivity contribution in [1.29, 1.82) is 0 Å². The van der Waals surface area contributed by atoms with E-state index in [-0.39, 0.29) is 5.56 Å². The highest BCUT2D eigenvalue weighted by Crippen LogP contribution is 2.34. The van der Waals surface area contributed by atoms with Crippen LogP contribution in [-0.2, 0) is 9.59 Å². The number of hydrogen-bond donors (Lipinski definition) is 0. The lowest BCUT2D eigenvalue weighted by atomic mass is 10.2. The molecule has 0 aliphatic carbocycles. The molecular weight excluding hydrogens is 344 g/mol. The summed E-state index contributed by atoms with van der Waals surface area (Å²) in [5, 5.41) is 2.35.